The number of aromatic nitrogens is 1. The van der Waals surface area contributed by atoms with Crippen molar-refractivity contribution in [3.63, 3.8) is 0 Å². The van der Waals surface area contributed by atoms with Crippen LogP contribution in [-0.2, 0) is 11.2 Å². The molecule has 2 rings (SSSR count). The van der Waals surface area contributed by atoms with Crippen LogP contribution >= 0.6 is 0 Å². The van der Waals surface area contributed by atoms with E-state index in [-0.39, 0.29) is 5.92 Å². The summed E-state index contributed by atoms with van der Waals surface area (Å²) in [7, 11) is 0. The van der Waals surface area contributed by atoms with Crippen molar-refractivity contribution in [2.24, 2.45) is 5.73 Å². The summed E-state index contributed by atoms with van der Waals surface area (Å²) in [5, 5.41) is 0. The summed E-state index contributed by atoms with van der Waals surface area (Å²) in [6.07, 6.45) is 2.59. The third-order valence-corrected chi connectivity index (χ3v) is 3.17. The quantitative estimate of drug-likeness (QED) is 0.815. The van der Waals surface area contributed by atoms with Crippen LogP contribution in [-0.4, -0.2) is 49.3 Å². The van der Waals surface area contributed by atoms with Gasteiger partial charge in [-0.3, -0.25) is 4.90 Å². The summed E-state index contributed by atoms with van der Waals surface area (Å²) < 4.78 is 10.8. The third kappa shape index (κ3) is 3.52. The van der Waals surface area contributed by atoms with Crippen molar-refractivity contribution >= 4 is 0 Å². The van der Waals surface area contributed by atoms with E-state index in [2.05, 4.69) is 16.8 Å². The highest BCUT2D eigenvalue weighted by atomic mass is 16.5. The maximum absolute atomic E-state index is 5.60. The number of hydrogen-bond acceptors (Lipinski definition) is 5. The summed E-state index contributed by atoms with van der Waals surface area (Å²) in [4.78, 5) is 6.84. The number of ether oxygens (including phenoxy) is 1. The monoisotopic (exact) mass is 239 g/mol. The maximum atomic E-state index is 5.60. The molecule has 1 aliphatic heterocycles. The highest BCUT2D eigenvalue weighted by molar-refractivity contribution is 5.03. The van der Waals surface area contributed by atoms with Gasteiger partial charge in [0.15, 0.2) is 5.89 Å². The first-order valence-electron chi connectivity index (χ1n) is 6.24. The normalized spacial score (nSPS) is 19.4. The topological polar surface area (TPSA) is 64.5 Å². The fourth-order valence-electron chi connectivity index (χ4n) is 1.87. The largest absolute Gasteiger partial charge is 0.449 e. The minimum Gasteiger partial charge on any atom is -0.449 e. The van der Waals surface area contributed by atoms with Crippen LogP contribution in [0.5, 0.6) is 0 Å². The molecule has 0 aromatic carbocycles. The van der Waals surface area contributed by atoms with Gasteiger partial charge >= 0.3 is 0 Å². The molecule has 17 heavy (non-hydrogen) atoms. The zero-order valence-corrected chi connectivity index (χ0v) is 10.4. The van der Waals surface area contributed by atoms with E-state index in [0.717, 1.165) is 50.9 Å². The molecule has 2 N–H and O–H groups in total. The Morgan fingerprint density at radius 2 is 2.24 bits per heavy atom. The zero-order valence-electron chi connectivity index (χ0n) is 10.4. The van der Waals surface area contributed by atoms with E-state index in [9.17, 15) is 0 Å². The van der Waals surface area contributed by atoms with Crippen LogP contribution in [0, 0.1) is 0 Å². The summed E-state index contributed by atoms with van der Waals surface area (Å²) in [5.74, 6) is 1.09. The molecule has 1 atom stereocenters. The number of oxazole rings is 1. The second-order valence-electron chi connectivity index (χ2n) is 4.51. The lowest BCUT2D eigenvalue weighted by Gasteiger charge is -2.25. The summed E-state index contributed by atoms with van der Waals surface area (Å²) in [5.41, 5.74) is 6.56. The molecule has 5 heteroatoms. The van der Waals surface area contributed by atoms with Gasteiger partial charge in [-0.1, -0.05) is 6.92 Å². The molecule has 0 aliphatic carbocycles. The summed E-state index contributed by atoms with van der Waals surface area (Å²) in [6.45, 7) is 7.33. The fourth-order valence-corrected chi connectivity index (χ4v) is 1.87. The first-order valence-corrected chi connectivity index (χ1v) is 6.24. The molecule has 1 aromatic rings. The molecule has 0 bridgehead atoms. The van der Waals surface area contributed by atoms with E-state index in [4.69, 9.17) is 14.9 Å². The molecule has 5 nitrogen and oxygen atoms in total. The van der Waals surface area contributed by atoms with Crippen LogP contribution in [0.2, 0.25) is 0 Å². The Morgan fingerprint density at radius 3 is 2.94 bits per heavy atom. The number of hydrogen-bond donors (Lipinski definition) is 1. The van der Waals surface area contributed by atoms with Crippen molar-refractivity contribution < 1.29 is 9.15 Å². The Kier molecular flexibility index (Phi) is 4.53. The van der Waals surface area contributed by atoms with Gasteiger partial charge < -0.3 is 14.9 Å². The Morgan fingerprint density at radius 1 is 1.47 bits per heavy atom. The molecular weight excluding hydrogens is 218 g/mol. The molecule has 0 spiro atoms. The maximum Gasteiger partial charge on any atom is 0.195 e. The van der Waals surface area contributed by atoms with Gasteiger partial charge in [0.25, 0.3) is 0 Å². The van der Waals surface area contributed by atoms with Crippen LogP contribution in [0.4, 0.5) is 0 Å². The van der Waals surface area contributed by atoms with E-state index < -0.39 is 0 Å². The van der Waals surface area contributed by atoms with Gasteiger partial charge in [-0.15, -0.1) is 0 Å². The highest BCUT2D eigenvalue weighted by Crippen LogP contribution is 2.13. The van der Waals surface area contributed by atoms with Gasteiger partial charge in [0.05, 0.1) is 18.9 Å². The second kappa shape index (κ2) is 6.14. The van der Waals surface area contributed by atoms with Crippen LogP contribution in [0.25, 0.3) is 0 Å². The van der Waals surface area contributed by atoms with Crippen molar-refractivity contribution in [1.29, 1.82) is 0 Å². The Labute approximate surface area is 102 Å². The first kappa shape index (κ1) is 12.5. The van der Waals surface area contributed by atoms with Crippen LogP contribution in [0.1, 0.15) is 24.4 Å². The van der Waals surface area contributed by atoms with E-state index in [1.54, 1.807) is 6.26 Å². The lowest BCUT2D eigenvalue weighted by Crippen LogP contribution is -2.37. The Balaban J connectivity index is 1.80. The second-order valence-corrected chi connectivity index (χ2v) is 4.51. The van der Waals surface area contributed by atoms with Gasteiger partial charge in [0.1, 0.15) is 6.26 Å². The smallest absolute Gasteiger partial charge is 0.195 e. The lowest BCUT2D eigenvalue weighted by atomic mass is 10.1. The number of rotatable bonds is 5. The molecule has 0 radical (unpaired) electrons. The van der Waals surface area contributed by atoms with Crippen molar-refractivity contribution in [2.45, 2.75) is 19.3 Å². The predicted octanol–water partition coefficient (Wildman–Crippen LogP) is 0.611. The molecule has 0 saturated carbocycles. The molecule has 0 amide bonds. The Hall–Kier alpha value is -0.910. The molecule has 1 fully saturated rings. The average molecular weight is 239 g/mol. The molecular formula is C12H21N3O2. The van der Waals surface area contributed by atoms with Gasteiger partial charge in [0.2, 0.25) is 0 Å². The van der Waals surface area contributed by atoms with Crippen molar-refractivity contribution in [1.82, 2.24) is 9.88 Å². The van der Waals surface area contributed by atoms with Crippen molar-refractivity contribution in [3.05, 3.63) is 17.8 Å². The van der Waals surface area contributed by atoms with Gasteiger partial charge in [0, 0.05) is 38.5 Å². The predicted molar refractivity (Wildman–Crippen MR) is 64.9 cm³/mol. The van der Waals surface area contributed by atoms with Crippen LogP contribution in [0.3, 0.4) is 0 Å². The van der Waals surface area contributed by atoms with E-state index >= 15 is 0 Å². The molecule has 1 aromatic heterocycles. The molecule has 2 heterocycles. The average Bonchev–Trinajstić information content (AvgIpc) is 2.85. The SMILES string of the molecule is CC(CN)c1coc(CCN2CCOCC2)n1. The van der Waals surface area contributed by atoms with E-state index in [0.29, 0.717) is 6.54 Å². The lowest BCUT2D eigenvalue weighted by molar-refractivity contribution is 0.0377. The Bertz CT molecular complexity index is 334. The van der Waals surface area contributed by atoms with Crippen LogP contribution in [0.15, 0.2) is 10.7 Å². The minimum absolute atomic E-state index is 0.274. The number of nitrogens with zero attached hydrogens (tertiary/aromatic N) is 2. The zero-order chi connectivity index (χ0) is 12.1. The standard InChI is InChI=1S/C12H21N3O2/c1-10(8-13)11-9-17-12(14-11)2-3-15-4-6-16-7-5-15/h9-10H,2-8,13H2,1H3. The van der Waals surface area contributed by atoms with Gasteiger partial charge in [-0.2, -0.15) is 0 Å². The van der Waals surface area contributed by atoms with Crippen molar-refractivity contribution in [2.75, 3.05) is 39.4 Å². The van der Waals surface area contributed by atoms with E-state index in [1.165, 1.54) is 0 Å². The highest BCUT2D eigenvalue weighted by Gasteiger charge is 2.13. The molecule has 96 valence electrons. The minimum atomic E-state index is 0.274. The van der Waals surface area contributed by atoms with Crippen LogP contribution < -0.4 is 5.73 Å². The summed E-state index contributed by atoms with van der Waals surface area (Å²) >= 11 is 0. The molecule has 1 unspecified atom stereocenters. The van der Waals surface area contributed by atoms with Gasteiger partial charge in [-0.05, 0) is 0 Å². The van der Waals surface area contributed by atoms with E-state index in [1.807, 2.05) is 0 Å². The number of morpholine rings is 1. The third-order valence-electron chi connectivity index (χ3n) is 3.17. The van der Waals surface area contributed by atoms with Crippen molar-refractivity contribution in [3.8, 4) is 0 Å². The first-order chi connectivity index (χ1) is 8.29. The summed E-state index contributed by atoms with van der Waals surface area (Å²) in [6, 6.07) is 0. The molecule has 1 saturated heterocycles. The fraction of sp³-hybridized carbons (Fsp3) is 0.750. The number of nitrogens with two attached hydrogens (primary N) is 1. The molecule has 1 aliphatic rings. The van der Waals surface area contributed by atoms with Gasteiger partial charge in [-0.25, -0.2) is 4.98 Å².